The number of carbonyl (C=O) groups excluding carboxylic acids is 1. The van der Waals surface area contributed by atoms with Crippen LogP contribution in [0.25, 0.3) is 33.4 Å². The van der Waals surface area contributed by atoms with E-state index in [1.807, 2.05) is 0 Å². The number of rotatable bonds is 3. The second-order valence-corrected chi connectivity index (χ2v) is 8.31. The predicted molar refractivity (Wildman–Crippen MR) is 118 cm³/mol. The van der Waals surface area contributed by atoms with Gasteiger partial charge in [0, 0.05) is 35.9 Å². The van der Waals surface area contributed by atoms with E-state index in [0.29, 0.717) is 27.9 Å². The van der Waals surface area contributed by atoms with Crippen molar-refractivity contribution in [3.8, 4) is 28.3 Å². The third-order valence-electron chi connectivity index (χ3n) is 4.66. The van der Waals surface area contributed by atoms with E-state index in [2.05, 4.69) is 15.2 Å². The lowest BCUT2D eigenvalue weighted by Crippen LogP contribution is -2.27. The lowest BCUT2D eigenvalue weighted by molar-refractivity contribution is 0.0523. The molecule has 1 aromatic carbocycles. The maximum Gasteiger partial charge on any atom is 0.435 e. The van der Waals surface area contributed by atoms with E-state index in [0.717, 1.165) is 4.68 Å². The van der Waals surface area contributed by atoms with Gasteiger partial charge in [0.1, 0.15) is 22.9 Å². The number of carbonyl (C=O) groups is 1. The number of hydrogen-bond donors (Lipinski definition) is 1. The normalized spacial score (nSPS) is 11.7. The molecule has 4 rings (SSSR count). The molecule has 10 heteroatoms. The largest absolute Gasteiger partial charge is 0.496 e. The molecule has 0 saturated heterocycles. The number of pyridine rings is 1. The Bertz CT molecular complexity index is 1340. The van der Waals surface area contributed by atoms with Crippen LogP contribution < -0.4 is 10.5 Å². The number of nitrogens with zero attached hydrogens (tertiary/aromatic N) is 5. The van der Waals surface area contributed by atoms with Crippen molar-refractivity contribution in [2.75, 3.05) is 12.8 Å². The van der Waals surface area contributed by atoms with Gasteiger partial charge in [-0.3, -0.25) is 9.67 Å². The molecule has 0 fully saturated rings. The first-order valence-electron chi connectivity index (χ1n) is 9.82. The van der Waals surface area contributed by atoms with Gasteiger partial charge in [-0.15, -0.1) is 0 Å². The fourth-order valence-corrected chi connectivity index (χ4v) is 3.36. The second kappa shape index (κ2) is 7.63. The Morgan fingerprint density at radius 3 is 2.56 bits per heavy atom. The van der Waals surface area contributed by atoms with Crippen molar-refractivity contribution in [2.24, 2.45) is 7.05 Å². The summed E-state index contributed by atoms with van der Waals surface area (Å²) in [6.07, 6.45) is 4.21. The molecule has 0 aliphatic carbocycles. The topological polar surface area (TPSA) is 110 Å². The van der Waals surface area contributed by atoms with Gasteiger partial charge in [-0.05, 0) is 32.9 Å². The summed E-state index contributed by atoms with van der Waals surface area (Å²) in [6.45, 7) is 5.31. The van der Waals surface area contributed by atoms with Crippen molar-refractivity contribution in [3.05, 3.63) is 42.6 Å². The zero-order chi connectivity index (χ0) is 23.2. The first kappa shape index (κ1) is 21.3. The Hall–Kier alpha value is -3.95. The van der Waals surface area contributed by atoms with Crippen molar-refractivity contribution in [1.82, 2.24) is 24.5 Å². The Labute approximate surface area is 183 Å². The summed E-state index contributed by atoms with van der Waals surface area (Å²) in [7, 11) is 3.20. The number of nitrogens with two attached hydrogens (primary N) is 1. The van der Waals surface area contributed by atoms with Crippen LogP contribution in [-0.2, 0) is 11.8 Å². The molecule has 2 N–H and O–H groups in total. The molecular weight excluding hydrogens is 415 g/mol. The van der Waals surface area contributed by atoms with Crippen molar-refractivity contribution < 1.29 is 18.7 Å². The molecular formula is C22H23FN6O3. The van der Waals surface area contributed by atoms with Crippen LogP contribution in [0.1, 0.15) is 20.8 Å². The van der Waals surface area contributed by atoms with Crippen LogP contribution in [0.15, 0.2) is 36.8 Å². The molecule has 0 radical (unpaired) electrons. The van der Waals surface area contributed by atoms with Crippen molar-refractivity contribution >= 4 is 22.7 Å². The molecule has 9 nitrogen and oxygen atoms in total. The summed E-state index contributed by atoms with van der Waals surface area (Å²) in [5.74, 6) is -0.326. The molecule has 3 aromatic heterocycles. The van der Waals surface area contributed by atoms with Gasteiger partial charge in [0.05, 0.1) is 36.3 Å². The standard InChI is InChI=1S/C22H23FN6O3/c1-22(2,3)32-21(30)29-17-10-25-16(19-15(23)6-13(24)7-18(19)31-5)8-14(17)20(27-29)12-9-26-28(4)11-12/h6-11H,24H2,1-5H3. The minimum absolute atomic E-state index is 0.158. The number of aryl methyl sites for hydroxylation is 1. The summed E-state index contributed by atoms with van der Waals surface area (Å²) in [5.41, 5.74) is 7.31. The highest BCUT2D eigenvalue weighted by Crippen LogP contribution is 2.36. The van der Waals surface area contributed by atoms with Gasteiger partial charge in [-0.2, -0.15) is 14.9 Å². The van der Waals surface area contributed by atoms with Gasteiger partial charge in [0.25, 0.3) is 0 Å². The van der Waals surface area contributed by atoms with Crippen molar-refractivity contribution in [2.45, 2.75) is 26.4 Å². The molecule has 0 atom stereocenters. The first-order chi connectivity index (χ1) is 15.1. The quantitative estimate of drug-likeness (QED) is 0.481. The van der Waals surface area contributed by atoms with Crippen molar-refractivity contribution in [1.29, 1.82) is 0 Å². The highest BCUT2D eigenvalue weighted by Gasteiger charge is 2.25. The summed E-state index contributed by atoms with van der Waals surface area (Å²) in [5, 5.41) is 9.24. The van der Waals surface area contributed by atoms with Crippen LogP contribution in [0.2, 0.25) is 0 Å². The molecule has 0 spiro atoms. The smallest absolute Gasteiger partial charge is 0.435 e. The minimum Gasteiger partial charge on any atom is -0.496 e. The SMILES string of the molecule is COc1cc(N)cc(F)c1-c1cc2c(-c3cnn(C)c3)nn(C(=O)OC(C)(C)C)c2cn1. The number of benzene rings is 1. The van der Waals surface area contributed by atoms with Gasteiger partial charge in [0.2, 0.25) is 0 Å². The first-order valence-corrected chi connectivity index (χ1v) is 9.82. The summed E-state index contributed by atoms with van der Waals surface area (Å²) in [6, 6.07) is 4.38. The molecule has 32 heavy (non-hydrogen) atoms. The maximum atomic E-state index is 14.8. The Balaban J connectivity index is 1.95. The average molecular weight is 438 g/mol. The molecule has 4 aromatic rings. The lowest BCUT2D eigenvalue weighted by Gasteiger charge is -2.19. The number of methoxy groups -OCH3 is 1. The summed E-state index contributed by atoms with van der Waals surface area (Å²) < 4.78 is 28.4. The van der Waals surface area contributed by atoms with Crippen LogP contribution in [0.4, 0.5) is 14.9 Å². The van der Waals surface area contributed by atoms with Crippen LogP contribution in [0.3, 0.4) is 0 Å². The number of ether oxygens (including phenoxy) is 2. The average Bonchev–Trinajstić information content (AvgIpc) is 3.29. The predicted octanol–water partition coefficient (Wildman–Crippen LogP) is 4.01. The van der Waals surface area contributed by atoms with Crippen molar-refractivity contribution in [3.63, 3.8) is 0 Å². The Morgan fingerprint density at radius 1 is 1.19 bits per heavy atom. The van der Waals surface area contributed by atoms with Gasteiger partial charge < -0.3 is 15.2 Å². The summed E-state index contributed by atoms with van der Waals surface area (Å²) in [4.78, 5) is 17.2. The van der Waals surface area contributed by atoms with E-state index in [1.54, 1.807) is 51.0 Å². The zero-order valence-corrected chi connectivity index (χ0v) is 18.4. The number of hydrogen-bond acceptors (Lipinski definition) is 7. The van der Waals surface area contributed by atoms with Crippen LogP contribution in [0.5, 0.6) is 5.75 Å². The van der Waals surface area contributed by atoms with E-state index in [4.69, 9.17) is 15.2 Å². The van der Waals surface area contributed by atoms with Crippen LogP contribution in [-0.4, -0.2) is 43.3 Å². The van der Waals surface area contributed by atoms with Crippen LogP contribution in [0, 0.1) is 5.82 Å². The van der Waals surface area contributed by atoms with Crippen LogP contribution >= 0.6 is 0 Å². The van der Waals surface area contributed by atoms with E-state index < -0.39 is 17.5 Å². The number of nitrogen functional groups attached to an aromatic ring is 1. The van der Waals surface area contributed by atoms with E-state index in [1.165, 1.54) is 25.4 Å². The van der Waals surface area contributed by atoms with E-state index in [9.17, 15) is 9.18 Å². The van der Waals surface area contributed by atoms with Gasteiger partial charge in [-0.1, -0.05) is 0 Å². The lowest BCUT2D eigenvalue weighted by atomic mass is 10.1. The fourth-order valence-electron chi connectivity index (χ4n) is 3.36. The van der Waals surface area contributed by atoms with Gasteiger partial charge >= 0.3 is 6.09 Å². The van der Waals surface area contributed by atoms with Gasteiger partial charge in [-0.25, -0.2) is 9.18 Å². The fraction of sp³-hybridized carbons (Fsp3) is 0.273. The molecule has 0 amide bonds. The number of aromatic nitrogens is 5. The molecule has 0 saturated carbocycles. The molecule has 166 valence electrons. The Kier molecular flexibility index (Phi) is 5.08. The van der Waals surface area contributed by atoms with Gasteiger partial charge in [0.15, 0.2) is 0 Å². The molecule has 0 bridgehead atoms. The number of anilines is 1. The third-order valence-corrected chi connectivity index (χ3v) is 4.66. The molecule has 0 aliphatic rings. The summed E-state index contributed by atoms with van der Waals surface area (Å²) >= 11 is 0. The highest BCUT2D eigenvalue weighted by molar-refractivity contribution is 5.99. The van der Waals surface area contributed by atoms with E-state index in [-0.39, 0.29) is 17.0 Å². The second-order valence-electron chi connectivity index (χ2n) is 8.31. The zero-order valence-electron chi connectivity index (χ0n) is 18.4. The number of halogens is 1. The Morgan fingerprint density at radius 2 is 1.94 bits per heavy atom. The van der Waals surface area contributed by atoms with E-state index >= 15 is 0 Å². The molecule has 0 unspecified atom stereocenters. The monoisotopic (exact) mass is 438 g/mol. The third kappa shape index (κ3) is 3.86. The molecule has 3 heterocycles. The highest BCUT2D eigenvalue weighted by atomic mass is 19.1. The minimum atomic E-state index is -0.711. The maximum absolute atomic E-state index is 14.8. The molecule has 0 aliphatic heterocycles. The number of fused-ring (bicyclic) bond motifs is 1.